The summed E-state index contributed by atoms with van der Waals surface area (Å²) >= 11 is 4.87. The lowest BCUT2D eigenvalue weighted by molar-refractivity contribution is 0.0976. The number of aliphatic hydroxyl groups is 1. The number of aliphatic hydroxyl groups excluding tert-OH is 1. The van der Waals surface area contributed by atoms with Gasteiger partial charge in [-0.2, -0.15) is 0 Å². The highest BCUT2D eigenvalue weighted by Crippen LogP contribution is 2.10. The van der Waals surface area contributed by atoms with Crippen LogP contribution in [-0.4, -0.2) is 36.4 Å². The Morgan fingerprint density at radius 3 is 2.59 bits per heavy atom. The summed E-state index contributed by atoms with van der Waals surface area (Å²) in [6, 6.07) is 6.67. The van der Waals surface area contributed by atoms with E-state index in [0.29, 0.717) is 17.9 Å². The summed E-state index contributed by atoms with van der Waals surface area (Å²) in [6.45, 7) is 0.264. The highest BCUT2D eigenvalue weighted by molar-refractivity contribution is 7.80. The summed E-state index contributed by atoms with van der Waals surface area (Å²) in [5.41, 5.74) is 0.485. The first kappa shape index (κ1) is 13.4. The third-order valence-electron chi connectivity index (χ3n) is 1.98. The Hall–Kier alpha value is -1.66. The molecule has 0 aliphatic carbocycles. The number of amides is 1. The van der Waals surface area contributed by atoms with Gasteiger partial charge < -0.3 is 15.2 Å². The molecule has 0 fully saturated rings. The van der Waals surface area contributed by atoms with Gasteiger partial charge in [-0.25, -0.2) is 0 Å². The zero-order valence-electron chi connectivity index (χ0n) is 9.40. The maximum absolute atomic E-state index is 11.7. The molecule has 3 N–H and O–H groups in total. The lowest BCUT2D eigenvalue weighted by Gasteiger charge is -2.08. The van der Waals surface area contributed by atoms with Crippen molar-refractivity contribution in [3.63, 3.8) is 0 Å². The Morgan fingerprint density at radius 2 is 2.06 bits per heavy atom. The number of methoxy groups -OCH3 is 1. The van der Waals surface area contributed by atoms with E-state index in [2.05, 4.69) is 10.6 Å². The Kier molecular flexibility index (Phi) is 5.38. The molecular formula is C11H14N2O3S. The zero-order valence-corrected chi connectivity index (χ0v) is 10.2. The fourth-order valence-corrected chi connectivity index (χ4v) is 1.33. The van der Waals surface area contributed by atoms with Gasteiger partial charge >= 0.3 is 0 Å². The Labute approximate surface area is 105 Å². The van der Waals surface area contributed by atoms with Crippen molar-refractivity contribution in [3.05, 3.63) is 29.8 Å². The van der Waals surface area contributed by atoms with Crippen LogP contribution in [0.25, 0.3) is 0 Å². The van der Waals surface area contributed by atoms with Crippen molar-refractivity contribution in [2.24, 2.45) is 0 Å². The molecule has 92 valence electrons. The van der Waals surface area contributed by atoms with Crippen molar-refractivity contribution in [1.82, 2.24) is 10.6 Å². The van der Waals surface area contributed by atoms with Crippen molar-refractivity contribution in [2.75, 3.05) is 20.3 Å². The number of carbonyl (C=O) groups is 1. The topological polar surface area (TPSA) is 70.6 Å². The summed E-state index contributed by atoms with van der Waals surface area (Å²) in [7, 11) is 1.56. The lowest BCUT2D eigenvalue weighted by atomic mass is 10.2. The fourth-order valence-electron chi connectivity index (χ4n) is 1.13. The lowest BCUT2D eigenvalue weighted by Crippen LogP contribution is -2.40. The largest absolute Gasteiger partial charge is 0.497 e. The highest BCUT2D eigenvalue weighted by atomic mass is 32.1. The van der Waals surface area contributed by atoms with Crippen LogP contribution in [-0.2, 0) is 0 Å². The van der Waals surface area contributed by atoms with Crippen LogP contribution < -0.4 is 15.4 Å². The molecule has 0 spiro atoms. The molecule has 1 rings (SSSR count). The summed E-state index contributed by atoms with van der Waals surface area (Å²) < 4.78 is 4.99. The molecule has 0 atom stereocenters. The molecule has 5 nitrogen and oxygen atoms in total. The normalized spacial score (nSPS) is 9.53. The summed E-state index contributed by atoms with van der Waals surface area (Å²) in [5.74, 6) is 0.380. The van der Waals surface area contributed by atoms with Crippen LogP contribution in [0.2, 0.25) is 0 Å². The van der Waals surface area contributed by atoms with Gasteiger partial charge in [-0.3, -0.25) is 10.1 Å². The number of nitrogens with one attached hydrogen (secondary N) is 2. The van der Waals surface area contributed by atoms with Gasteiger partial charge in [-0.05, 0) is 36.5 Å². The minimum absolute atomic E-state index is 0.0431. The summed E-state index contributed by atoms with van der Waals surface area (Å²) in [5, 5.41) is 13.9. The molecule has 0 radical (unpaired) electrons. The first-order chi connectivity index (χ1) is 8.17. The molecular weight excluding hydrogens is 240 g/mol. The molecule has 0 heterocycles. The minimum atomic E-state index is -0.303. The van der Waals surface area contributed by atoms with Crippen molar-refractivity contribution < 1.29 is 14.6 Å². The highest BCUT2D eigenvalue weighted by Gasteiger charge is 2.07. The van der Waals surface area contributed by atoms with Crippen LogP contribution in [0.5, 0.6) is 5.75 Å². The van der Waals surface area contributed by atoms with Gasteiger partial charge in [0.05, 0.1) is 13.7 Å². The van der Waals surface area contributed by atoms with Crippen molar-refractivity contribution in [3.8, 4) is 5.75 Å². The standard InChI is InChI=1S/C11H14N2O3S/c1-16-9-4-2-8(3-5-9)10(15)13-11(17)12-6-7-14/h2-5,14H,6-7H2,1H3,(H2,12,13,15,17). The van der Waals surface area contributed by atoms with E-state index in [0.717, 1.165) is 0 Å². The average molecular weight is 254 g/mol. The van der Waals surface area contributed by atoms with E-state index in [1.807, 2.05) is 0 Å². The van der Waals surface area contributed by atoms with Gasteiger partial charge in [0.25, 0.3) is 5.91 Å². The number of hydrogen-bond acceptors (Lipinski definition) is 4. The van der Waals surface area contributed by atoms with E-state index in [-0.39, 0.29) is 17.6 Å². The molecule has 1 amide bonds. The van der Waals surface area contributed by atoms with Crippen LogP contribution in [0.15, 0.2) is 24.3 Å². The van der Waals surface area contributed by atoms with E-state index in [4.69, 9.17) is 22.1 Å². The van der Waals surface area contributed by atoms with Crippen LogP contribution in [0, 0.1) is 0 Å². The minimum Gasteiger partial charge on any atom is -0.497 e. The average Bonchev–Trinajstić information content (AvgIpc) is 2.36. The number of carbonyl (C=O) groups excluding carboxylic acids is 1. The Morgan fingerprint density at radius 1 is 1.41 bits per heavy atom. The van der Waals surface area contributed by atoms with E-state index < -0.39 is 0 Å². The number of ether oxygens (including phenoxy) is 1. The third kappa shape index (κ3) is 4.38. The van der Waals surface area contributed by atoms with Crippen LogP contribution in [0.1, 0.15) is 10.4 Å². The van der Waals surface area contributed by atoms with Gasteiger partial charge in [0.1, 0.15) is 5.75 Å². The maximum Gasteiger partial charge on any atom is 0.257 e. The molecule has 1 aromatic rings. The molecule has 0 saturated heterocycles. The number of hydrogen-bond donors (Lipinski definition) is 3. The van der Waals surface area contributed by atoms with Crippen LogP contribution in [0.3, 0.4) is 0 Å². The van der Waals surface area contributed by atoms with Gasteiger partial charge in [-0.15, -0.1) is 0 Å². The fraction of sp³-hybridized carbons (Fsp3) is 0.273. The molecule has 17 heavy (non-hydrogen) atoms. The Bertz CT molecular complexity index is 392. The quantitative estimate of drug-likeness (QED) is 0.674. The van der Waals surface area contributed by atoms with Gasteiger partial charge in [0.2, 0.25) is 0 Å². The second kappa shape index (κ2) is 6.82. The van der Waals surface area contributed by atoms with Crippen molar-refractivity contribution >= 4 is 23.2 Å². The van der Waals surface area contributed by atoms with Gasteiger partial charge in [-0.1, -0.05) is 0 Å². The molecule has 0 bridgehead atoms. The van der Waals surface area contributed by atoms with E-state index in [1.54, 1.807) is 31.4 Å². The number of thiocarbonyl (C=S) groups is 1. The maximum atomic E-state index is 11.7. The SMILES string of the molecule is COc1ccc(C(=O)NC(=S)NCCO)cc1. The Balaban J connectivity index is 2.54. The first-order valence-electron chi connectivity index (χ1n) is 5.01. The van der Waals surface area contributed by atoms with E-state index in [9.17, 15) is 4.79 Å². The number of rotatable bonds is 4. The predicted molar refractivity (Wildman–Crippen MR) is 68.1 cm³/mol. The molecule has 0 aliphatic rings. The predicted octanol–water partition coefficient (Wildman–Crippen LogP) is 0.292. The zero-order chi connectivity index (χ0) is 12.7. The van der Waals surface area contributed by atoms with Crippen molar-refractivity contribution in [2.45, 2.75) is 0 Å². The van der Waals surface area contributed by atoms with E-state index in [1.165, 1.54) is 0 Å². The molecule has 0 unspecified atom stereocenters. The molecule has 0 aromatic heterocycles. The monoisotopic (exact) mass is 254 g/mol. The molecule has 0 aliphatic heterocycles. The van der Waals surface area contributed by atoms with Gasteiger partial charge in [0, 0.05) is 12.1 Å². The summed E-state index contributed by atoms with van der Waals surface area (Å²) in [6.07, 6.45) is 0. The van der Waals surface area contributed by atoms with E-state index >= 15 is 0 Å². The van der Waals surface area contributed by atoms with Crippen molar-refractivity contribution in [1.29, 1.82) is 0 Å². The third-order valence-corrected chi connectivity index (χ3v) is 2.22. The first-order valence-corrected chi connectivity index (χ1v) is 5.42. The van der Waals surface area contributed by atoms with Crippen LogP contribution >= 0.6 is 12.2 Å². The molecule has 6 heteroatoms. The van der Waals surface area contributed by atoms with Crippen LogP contribution in [0.4, 0.5) is 0 Å². The second-order valence-electron chi connectivity index (χ2n) is 3.16. The smallest absolute Gasteiger partial charge is 0.257 e. The number of benzene rings is 1. The molecule has 0 saturated carbocycles. The van der Waals surface area contributed by atoms with Gasteiger partial charge in [0.15, 0.2) is 5.11 Å². The second-order valence-corrected chi connectivity index (χ2v) is 3.57. The summed E-state index contributed by atoms with van der Waals surface area (Å²) in [4.78, 5) is 11.7. The molecule has 1 aromatic carbocycles.